The molecule has 1 heterocycles. The van der Waals surface area contributed by atoms with Gasteiger partial charge in [0.1, 0.15) is 24.2 Å². The zero-order valence-corrected chi connectivity index (χ0v) is 19.8. The lowest BCUT2D eigenvalue weighted by Gasteiger charge is -2.19. The van der Waals surface area contributed by atoms with E-state index in [1.165, 1.54) is 0 Å². The van der Waals surface area contributed by atoms with Gasteiger partial charge >= 0.3 is 0 Å². The topological polar surface area (TPSA) is 96.0 Å². The minimum atomic E-state index is -3.70. The first kappa shape index (κ1) is 23.4. The summed E-state index contributed by atoms with van der Waals surface area (Å²) in [5, 5.41) is 0. The standard InChI is InChI=1S/C25H28O7S/c1-4-21(26)19-12-17(22(27)10-15-8-9-15)13-20-24(16-6-5-7-18(11-16)30-2)23(32-25(19)20)14-31-33(3,28)29/h5-7,11-13,15,23-24H,4,8-10,14H2,1-3H3/t23-,24+/m1/s1. The van der Waals surface area contributed by atoms with Crippen molar-refractivity contribution in [2.24, 2.45) is 5.92 Å². The Hall–Kier alpha value is -2.71. The number of Topliss-reactive ketones (excluding diaryl/α,β-unsaturated/α-hetero) is 2. The molecule has 1 saturated carbocycles. The number of ether oxygens (including phenoxy) is 2. The van der Waals surface area contributed by atoms with E-state index >= 15 is 0 Å². The van der Waals surface area contributed by atoms with Crippen LogP contribution < -0.4 is 9.47 Å². The first-order valence-electron chi connectivity index (χ1n) is 11.1. The molecule has 4 rings (SSSR count). The van der Waals surface area contributed by atoms with Crippen molar-refractivity contribution in [1.82, 2.24) is 0 Å². The number of hydrogen-bond donors (Lipinski definition) is 0. The average Bonchev–Trinajstić information content (AvgIpc) is 3.53. The Labute approximate surface area is 194 Å². The van der Waals surface area contributed by atoms with Gasteiger partial charge in [-0.3, -0.25) is 13.8 Å². The van der Waals surface area contributed by atoms with E-state index in [1.807, 2.05) is 24.3 Å². The Morgan fingerprint density at radius 2 is 1.88 bits per heavy atom. The Kier molecular flexibility index (Phi) is 6.59. The summed E-state index contributed by atoms with van der Waals surface area (Å²) in [4.78, 5) is 25.8. The second-order valence-electron chi connectivity index (χ2n) is 8.69. The zero-order valence-electron chi connectivity index (χ0n) is 19.0. The van der Waals surface area contributed by atoms with Crippen molar-refractivity contribution >= 4 is 21.7 Å². The van der Waals surface area contributed by atoms with Gasteiger partial charge in [-0.15, -0.1) is 0 Å². The summed E-state index contributed by atoms with van der Waals surface area (Å²) < 4.78 is 40.0. The minimum absolute atomic E-state index is 0.00526. The molecule has 2 aliphatic rings. The third-order valence-corrected chi connectivity index (χ3v) is 6.67. The van der Waals surface area contributed by atoms with Crippen molar-refractivity contribution in [3.05, 3.63) is 58.7 Å². The van der Waals surface area contributed by atoms with Gasteiger partial charge in [0.25, 0.3) is 10.1 Å². The van der Waals surface area contributed by atoms with E-state index in [2.05, 4.69) is 0 Å². The van der Waals surface area contributed by atoms with E-state index in [9.17, 15) is 18.0 Å². The van der Waals surface area contributed by atoms with Crippen LogP contribution in [0.15, 0.2) is 36.4 Å². The molecule has 2 aromatic rings. The minimum Gasteiger partial charge on any atom is -0.497 e. The summed E-state index contributed by atoms with van der Waals surface area (Å²) in [5.74, 6) is 0.868. The summed E-state index contributed by atoms with van der Waals surface area (Å²) in [7, 11) is -2.14. The lowest BCUT2D eigenvalue weighted by Crippen LogP contribution is -2.27. The third kappa shape index (κ3) is 5.28. The number of carbonyl (C=O) groups excluding carboxylic acids is 2. The number of hydrogen-bond acceptors (Lipinski definition) is 7. The number of fused-ring (bicyclic) bond motifs is 1. The van der Waals surface area contributed by atoms with Crippen LogP contribution in [0.2, 0.25) is 0 Å². The normalized spacial score (nSPS) is 19.6. The molecule has 7 nitrogen and oxygen atoms in total. The van der Waals surface area contributed by atoms with Gasteiger partial charge in [0, 0.05) is 24.0 Å². The van der Waals surface area contributed by atoms with Gasteiger partial charge in [0.05, 0.1) is 24.8 Å². The molecule has 0 amide bonds. The maximum absolute atomic E-state index is 13.0. The monoisotopic (exact) mass is 472 g/mol. The summed E-state index contributed by atoms with van der Waals surface area (Å²) in [5.41, 5.74) is 2.34. The number of ketones is 2. The largest absolute Gasteiger partial charge is 0.497 e. The molecule has 0 N–H and O–H groups in total. The van der Waals surface area contributed by atoms with E-state index in [-0.39, 0.29) is 24.6 Å². The van der Waals surface area contributed by atoms with Crippen molar-refractivity contribution in [3.63, 3.8) is 0 Å². The Balaban J connectivity index is 1.83. The van der Waals surface area contributed by atoms with E-state index < -0.39 is 22.1 Å². The zero-order chi connectivity index (χ0) is 23.8. The molecule has 0 unspecified atom stereocenters. The van der Waals surface area contributed by atoms with Crippen LogP contribution >= 0.6 is 0 Å². The van der Waals surface area contributed by atoms with Crippen LogP contribution in [0.25, 0.3) is 0 Å². The molecule has 0 radical (unpaired) electrons. The Morgan fingerprint density at radius 1 is 1.12 bits per heavy atom. The van der Waals surface area contributed by atoms with E-state index in [0.717, 1.165) is 24.7 Å². The van der Waals surface area contributed by atoms with Gasteiger partial charge in [-0.2, -0.15) is 8.42 Å². The highest BCUT2D eigenvalue weighted by Crippen LogP contribution is 2.46. The Bertz CT molecular complexity index is 1180. The summed E-state index contributed by atoms with van der Waals surface area (Å²) in [6.07, 6.45) is 3.11. The third-order valence-electron chi connectivity index (χ3n) is 6.11. The lowest BCUT2D eigenvalue weighted by atomic mass is 9.85. The molecule has 0 bridgehead atoms. The second-order valence-corrected chi connectivity index (χ2v) is 10.3. The molecule has 0 saturated heterocycles. The van der Waals surface area contributed by atoms with Crippen LogP contribution in [0.5, 0.6) is 11.5 Å². The van der Waals surface area contributed by atoms with Gasteiger partial charge in [-0.05, 0) is 48.6 Å². The molecule has 8 heteroatoms. The Morgan fingerprint density at radius 3 is 2.52 bits per heavy atom. The number of methoxy groups -OCH3 is 1. The molecule has 2 atom stereocenters. The fourth-order valence-corrected chi connectivity index (χ4v) is 4.63. The van der Waals surface area contributed by atoms with Gasteiger partial charge in [-0.1, -0.05) is 19.1 Å². The molecule has 1 aliphatic heterocycles. The number of carbonyl (C=O) groups is 2. The van der Waals surface area contributed by atoms with Crippen LogP contribution in [0.3, 0.4) is 0 Å². The highest BCUT2D eigenvalue weighted by atomic mass is 32.2. The summed E-state index contributed by atoms with van der Waals surface area (Å²) in [6, 6.07) is 10.8. The number of benzene rings is 2. The van der Waals surface area contributed by atoms with Crippen LogP contribution in [-0.4, -0.2) is 46.1 Å². The van der Waals surface area contributed by atoms with Crippen molar-refractivity contribution < 1.29 is 31.7 Å². The maximum Gasteiger partial charge on any atom is 0.264 e. The van der Waals surface area contributed by atoms with E-state index in [4.69, 9.17) is 13.7 Å². The summed E-state index contributed by atoms with van der Waals surface area (Å²) >= 11 is 0. The predicted octanol–water partition coefficient (Wildman–Crippen LogP) is 4.14. The van der Waals surface area contributed by atoms with Gasteiger partial charge in [0.15, 0.2) is 11.6 Å². The van der Waals surface area contributed by atoms with Crippen LogP contribution in [0.1, 0.15) is 70.4 Å². The van der Waals surface area contributed by atoms with Crippen molar-refractivity contribution in [3.8, 4) is 11.5 Å². The molecule has 1 fully saturated rings. The highest BCUT2D eigenvalue weighted by molar-refractivity contribution is 7.85. The van der Waals surface area contributed by atoms with E-state index in [1.54, 1.807) is 26.2 Å². The molecular formula is C25H28O7S. The van der Waals surface area contributed by atoms with Crippen LogP contribution in [-0.2, 0) is 14.3 Å². The van der Waals surface area contributed by atoms with Gasteiger partial charge in [-0.25, -0.2) is 0 Å². The fraction of sp³-hybridized carbons (Fsp3) is 0.440. The van der Waals surface area contributed by atoms with Crippen molar-refractivity contribution in [2.75, 3.05) is 20.0 Å². The second kappa shape index (κ2) is 9.27. The molecular weight excluding hydrogens is 444 g/mol. The first-order valence-corrected chi connectivity index (χ1v) is 12.9. The smallest absolute Gasteiger partial charge is 0.264 e. The number of rotatable bonds is 10. The van der Waals surface area contributed by atoms with Gasteiger partial charge in [0.2, 0.25) is 0 Å². The predicted molar refractivity (Wildman–Crippen MR) is 123 cm³/mol. The maximum atomic E-state index is 13.0. The van der Waals surface area contributed by atoms with Crippen molar-refractivity contribution in [1.29, 1.82) is 0 Å². The molecule has 0 spiro atoms. The van der Waals surface area contributed by atoms with Gasteiger partial charge < -0.3 is 9.47 Å². The summed E-state index contributed by atoms with van der Waals surface area (Å²) in [6.45, 7) is 1.53. The molecule has 176 valence electrons. The molecule has 2 aromatic carbocycles. The average molecular weight is 473 g/mol. The highest BCUT2D eigenvalue weighted by Gasteiger charge is 2.40. The van der Waals surface area contributed by atoms with Crippen molar-refractivity contribution in [2.45, 2.75) is 44.6 Å². The fourth-order valence-electron chi connectivity index (χ4n) is 4.24. The first-order chi connectivity index (χ1) is 15.7. The molecule has 33 heavy (non-hydrogen) atoms. The molecule has 0 aromatic heterocycles. The van der Waals surface area contributed by atoms with E-state index in [0.29, 0.717) is 40.5 Å². The SMILES string of the molecule is CCC(=O)c1cc(C(=O)CC2CC2)cc2c1O[C@H](COS(C)(=O)=O)[C@H]2c1cccc(OC)c1. The quantitative estimate of drug-likeness (QED) is 0.379. The van der Waals surface area contributed by atoms with Crippen LogP contribution in [0, 0.1) is 5.92 Å². The lowest BCUT2D eigenvalue weighted by molar-refractivity contribution is 0.0975. The molecule has 1 aliphatic carbocycles. The van der Waals surface area contributed by atoms with Crippen LogP contribution in [0.4, 0.5) is 0 Å².